The summed E-state index contributed by atoms with van der Waals surface area (Å²) in [6.07, 6.45) is 5.36. The largest absolute Gasteiger partial charge is 0.352 e. The Bertz CT molecular complexity index is 1430. The Labute approximate surface area is 245 Å². The molecule has 1 fully saturated rings. The molecular formula is C31H36BrN3O4S. The van der Waals surface area contributed by atoms with Crippen molar-refractivity contribution < 1.29 is 18.0 Å². The summed E-state index contributed by atoms with van der Waals surface area (Å²) in [6.45, 7) is 1.55. The molecule has 1 saturated carbocycles. The van der Waals surface area contributed by atoms with Crippen LogP contribution in [-0.2, 0) is 32.6 Å². The number of amides is 2. The van der Waals surface area contributed by atoms with Crippen LogP contribution >= 0.6 is 15.9 Å². The minimum atomic E-state index is -3.79. The molecule has 1 unspecified atom stereocenters. The number of hydrogen-bond donors (Lipinski definition) is 1. The number of anilines is 1. The van der Waals surface area contributed by atoms with Gasteiger partial charge in [0.25, 0.3) is 0 Å². The lowest BCUT2D eigenvalue weighted by Crippen LogP contribution is -2.54. The van der Waals surface area contributed by atoms with Crippen molar-refractivity contribution in [3.63, 3.8) is 0 Å². The number of sulfonamides is 1. The Morgan fingerprint density at radius 1 is 0.950 bits per heavy atom. The molecule has 1 aliphatic rings. The average molecular weight is 627 g/mol. The predicted octanol–water partition coefficient (Wildman–Crippen LogP) is 5.22. The number of benzene rings is 3. The highest BCUT2D eigenvalue weighted by Gasteiger charge is 2.34. The fraction of sp³-hybridized carbons (Fsp3) is 0.355. The maximum Gasteiger partial charge on any atom is 0.244 e. The number of hydrogen-bond acceptors (Lipinski definition) is 4. The maximum absolute atomic E-state index is 14.2. The van der Waals surface area contributed by atoms with E-state index in [-0.39, 0.29) is 18.5 Å². The van der Waals surface area contributed by atoms with E-state index >= 15 is 0 Å². The number of carbonyl (C=O) groups is 2. The predicted molar refractivity (Wildman–Crippen MR) is 162 cm³/mol. The summed E-state index contributed by atoms with van der Waals surface area (Å²) in [4.78, 5) is 29.6. The van der Waals surface area contributed by atoms with E-state index in [9.17, 15) is 18.0 Å². The van der Waals surface area contributed by atoms with Gasteiger partial charge in [0, 0.05) is 23.5 Å². The molecule has 1 N–H and O–H groups in total. The molecule has 1 aliphatic carbocycles. The molecule has 212 valence electrons. The van der Waals surface area contributed by atoms with E-state index in [1.165, 1.54) is 4.90 Å². The first-order valence-electron chi connectivity index (χ1n) is 13.5. The molecule has 2 amide bonds. The Kier molecular flexibility index (Phi) is 10.0. The molecule has 0 radical (unpaired) electrons. The minimum absolute atomic E-state index is 0.0769. The molecule has 0 aliphatic heterocycles. The third-order valence-corrected chi connectivity index (χ3v) is 8.90. The van der Waals surface area contributed by atoms with Crippen LogP contribution in [0.4, 0.5) is 5.69 Å². The summed E-state index contributed by atoms with van der Waals surface area (Å²) in [7, 11) is -3.79. The maximum atomic E-state index is 14.2. The third-order valence-electron chi connectivity index (χ3n) is 7.28. The summed E-state index contributed by atoms with van der Waals surface area (Å²) in [6, 6.07) is 23.5. The Morgan fingerprint density at radius 3 is 2.25 bits per heavy atom. The minimum Gasteiger partial charge on any atom is -0.352 e. The second-order valence-corrected chi connectivity index (χ2v) is 13.2. The van der Waals surface area contributed by atoms with Crippen molar-refractivity contribution in [3.8, 4) is 0 Å². The van der Waals surface area contributed by atoms with Gasteiger partial charge in [0.2, 0.25) is 21.8 Å². The van der Waals surface area contributed by atoms with Crippen LogP contribution in [0.2, 0.25) is 0 Å². The number of rotatable bonds is 11. The van der Waals surface area contributed by atoms with Gasteiger partial charge in [-0.05, 0) is 54.7 Å². The number of carbonyl (C=O) groups excluding carboxylic acids is 2. The van der Waals surface area contributed by atoms with E-state index in [0.29, 0.717) is 12.1 Å². The first-order chi connectivity index (χ1) is 19.1. The van der Waals surface area contributed by atoms with Crippen molar-refractivity contribution in [1.82, 2.24) is 10.2 Å². The van der Waals surface area contributed by atoms with E-state index < -0.39 is 28.5 Å². The van der Waals surface area contributed by atoms with E-state index in [4.69, 9.17) is 0 Å². The lowest BCUT2D eigenvalue weighted by molar-refractivity contribution is -0.140. The first-order valence-corrected chi connectivity index (χ1v) is 16.2. The Balaban J connectivity index is 1.73. The van der Waals surface area contributed by atoms with E-state index in [0.717, 1.165) is 57.4 Å². The molecule has 0 aromatic heterocycles. The molecule has 0 bridgehead atoms. The van der Waals surface area contributed by atoms with Crippen LogP contribution in [0.1, 0.15) is 42.4 Å². The smallest absolute Gasteiger partial charge is 0.244 e. The van der Waals surface area contributed by atoms with Gasteiger partial charge in [-0.25, -0.2) is 8.42 Å². The summed E-state index contributed by atoms with van der Waals surface area (Å²) in [5.41, 5.74) is 2.92. The standard InChI is InChI=1S/C31H36BrN3O4S/c1-23-11-6-9-18-28(23)35(40(2,38)39)22-30(36)34(21-25-14-10-15-26(32)19-25)29(20-24-12-4-3-5-13-24)31(37)33-27-16-7-8-17-27/h3-6,9-15,18-19,27,29H,7-8,16-17,20-22H2,1-2H3,(H,33,37). The van der Waals surface area contributed by atoms with Crippen LogP contribution in [-0.4, -0.2) is 50.0 Å². The molecule has 7 nitrogen and oxygen atoms in total. The average Bonchev–Trinajstić information content (AvgIpc) is 3.43. The van der Waals surface area contributed by atoms with Crippen molar-refractivity contribution in [3.05, 3.63) is 100 Å². The van der Waals surface area contributed by atoms with Gasteiger partial charge in [0.15, 0.2) is 0 Å². The second kappa shape index (κ2) is 13.5. The number of para-hydroxylation sites is 1. The molecule has 0 spiro atoms. The summed E-state index contributed by atoms with van der Waals surface area (Å²) in [5, 5.41) is 3.18. The van der Waals surface area contributed by atoms with Gasteiger partial charge in [-0.15, -0.1) is 0 Å². The lowest BCUT2D eigenvalue weighted by atomic mass is 10.0. The number of halogens is 1. The summed E-state index contributed by atoms with van der Waals surface area (Å²) < 4.78 is 27.9. The molecule has 40 heavy (non-hydrogen) atoms. The Morgan fingerprint density at radius 2 is 1.60 bits per heavy atom. The molecule has 1 atom stereocenters. The van der Waals surface area contributed by atoms with Crippen LogP contribution in [0.25, 0.3) is 0 Å². The van der Waals surface area contributed by atoms with E-state index in [1.54, 1.807) is 12.1 Å². The first kappa shape index (κ1) is 29.8. The van der Waals surface area contributed by atoms with Crippen LogP contribution in [0.15, 0.2) is 83.3 Å². The van der Waals surface area contributed by atoms with Gasteiger partial charge in [-0.1, -0.05) is 89.4 Å². The van der Waals surface area contributed by atoms with Crippen LogP contribution < -0.4 is 9.62 Å². The number of nitrogens with one attached hydrogen (secondary N) is 1. The fourth-order valence-corrected chi connectivity index (χ4v) is 6.55. The SMILES string of the molecule is Cc1ccccc1N(CC(=O)N(Cc1cccc(Br)c1)C(Cc1ccccc1)C(=O)NC1CCCC1)S(C)(=O)=O. The van der Waals surface area contributed by atoms with Crippen molar-refractivity contribution in [2.75, 3.05) is 17.1 Å². The van der Waals surface area contributed by atoms with Gasteiger partial charge < -0.3 is 10.2 Å². The topological polar surface area (TPSA) is 86.8 Å². The van der Waals surface area contributed by atoms with Crippen LogP contribution in [0.5, 0.6) is 0 Å². The van der Waals surface area contributed by atoms with Gasteiger partial charge in [-0.3, -0.25) is 13.9 Å². The number of nitrogens with zero attached hydrogens (tertiary/aromatic N) is 2. The second-order valence-electron chi connectivity index (χ2n) is 10.4. The molecule has 9 heteroatoms. The van der Waals surface area contributed by atoms with E-state index in [2.05, 4.69) is 21.2 Å². The van der Waals surface area contributed by atoms with Gasteiger partial charge in [-0.2, -0.15) is 0 Å². The molecule has 3 aromatic carbocycles. The van der Waals surface area contributed by atoms with Gasteiger partial charge >= 0.3 is 0 Å². The highest BCUT2D eigenvalue weighted by Crippen LogP contribution is 2.24. The Hall–Kier alpha value is -3.17. The third kappa shape index (κ3) is 7.95. The van der Waals surface area contributed by atoms with Crippen molar-refractivity contribution in [2.45, 2.75) is 57.7 Å². The highest BCUT2D eigenvalue weighted by molar-refractivity contribution is 9.10. The molecule has 0 saturated heterocycles. The fourth-order valence-electron chi connectivity index (χ4n) is 5.19. The summed E-state index contributed by atoms with van der Waals surface area (Å²) in [5.74, 6) is -0.669. The van der Waals surface area contributed by atoms with Crippen LogP contribution in [0, 0.1) is 6.92 Å². The zero-order chi connectivity index (χ0) is 28.7. The lowest BCUT2D eigenvalue weighted by Gasteiger charge is -2.34. The van der Waals surface area contributed by atoms with Crippen molar-refractivity contribution in [2.24, 2.45) is 0 Å². The van der Waals surface area contributed by atoms with E-state index in [1.807, 2.05) is 73.7 Å². The molecule has 0 heterocycles. The summed E-state index contributed by atoms with van der Waals surface area (Å²) >= 11 is 3.50. The number of aryl methyl sites for hydroxylation is 1. The van der Waals surface area contributed by atoms with Crippen molar-refractivity contribution >= 4 is 43.5 Å². The van der Waals surface area contributed by atoms with Crippen molar-refractivity contribution in [1.29, 1.82) is 0 Å². The zero-order valence-corrected chi connectivity index (χ0v) is 25.3. The van der Waals surface area contributed by atoms with Crippen LogP contribution in [0.3, 0.4) is 0 Å². The quantitative estimate of drug-likeness (QED) is 0.316. The highest BCUT2D eigenvalue weighted by atomic mass is 79.9. The molecule has 4 rings (SSSR count). The molecular weight excluding hydrogens is 590 g/mol. The zero-order valence-electron chi connectivity index (χ0n) is 22.9. The monoisotopic (exact) mass is 625 g/mol. The normalized spacial score (nSPS) is 14.5. The van der Waals surface area contributed by atoms with Gasteiger partial charge in [0.05, 0.1) is 11.9 Å². The molecule has 3 aromatic rings. The van der Waals surface area contributed by atoms with Gasteiger partial charge in [0.1, 0.15) is 12.6 Å².